The summed E-state index contributed by atoms with van der Waals surface area (Å²) in [6.45, 7) is 3.38. The molecule has 126 valence electrons. The van der Waals surface area contributed by atoms with Gasteiger partial charge in [-0.2, -0.15) is 0 Å². The maximum atomic E-state index is 12.3. The number of benzene rings is 2. The molecule has 1 amide bonds. The largest absolute Gasteiger partial charge is 0.322 e. The average molecular weight is 346 g/mol. The summed E-state index contributed by atoms with van der Waals surface area (Å²) in [6, 6.07) is 12.3. The minimum Gasteiger partial charge on any atom is -0.322 e. The van der Waals surface area contributed by atoms with Crippen molar-refractivity contribution in [3.8, 4) is 0 Å². The molecule has 7 heteroatoms. The highest BCUT2D eigenvalue weighted by Gasteiger charge is 2.15. The van der Waals surface area contributed by atoms with Gasteiger partial charge >= 0.3 is 0 Å². The fourth-order valence-corrected chi connectivity index (χ4v) is 3.18. The second kappa shape index (κ2) is 7.37. The summed E-state index contributed by atoms with van der Waals surface area (Å²) in [6.07, 6.45) is 0. The number of carbonyl (C=O) groups is 2. The van der Waals surface area contributed by atoms with Crippen molar-refractivity contribution in [2.45, 2.75) is 18.7 Å². The van der Waals surface area contributed by atoms with E-state index in [1.54, 1.807) is 31.2 Å². The van der Waals surface area contributed by atoms with E-state index in [9.17, 15) is 18.0 Å². The number of hydrogen-bond acceptors (Lipinski definition) is 4. The topological polar surface area (TPSA) is 92.3 Å². The van der Waals surface area contributed by atoms with Crippen molar-refractivity contribution in [3.63, 3.8) is 0 Å². The van der Waals surface area contributed by atoms with Crippen molar-refractivity contribution in [1.82, 2.24) is 4.72 Å². The predicted octanol–water partition coefficient (Wildman–Crippen LogP) is 2.44. The van der Waals surface area contributed by atoms with Crippen molar-refractivity contribution < 1.29 is 18.0 Å². The van der Waals surface area contributed by atoms with Gasteiger partial charge in [-0.05, 0) is 37.3 Å². The van der Waals surface area contributed by atoms with Gasteiger partial charge in [-0.25, -0.2) is 13.1 Å². The van der Waals surface area contributed by atoms with E-state index in [1.807, 2.05) is 0 Å². The molecule has 0 radical (unpaired) electrons. The summed E-state index contributed by atoms with van der Waals surface area (Å²) in [7, 11) is -3.63. The molecule has 2 aromatic carbocycles. The quantitative estimate of drug-likeness (QED) is 0.786. The number of Topliss-reactive ketones (excluding diaryl/α,β-unsaturated/α-hetero) is 1. The second-order valence-electron chi connectivity index (χ2n) is 5.12. The van der Waals surface area contributed by atoms with Gasteiger partial charge in [0, 0.05) is 23.4 Å². The average Bonchev–Trinajstić information content (AvgIpc) is 2.55. The molecule has 2 N–H and O–H groups in total. The summed E-state index contributed by atoms with van der Waals surface area (Å²) in [5.41, 5.74) is 1.16. The van der Waals surface area contributed by atoms with Crippen LogP contribution in [-0.2, 0) is 10.0 Å². The lowest BCUT2D eigenvalue weighted by Gasteiger charge is -2.09. The van der Waals surface area contributed by atoms with Gasteiger partial charge in [0.15, 0.2) is 5.78 Å². The van der Waals surface area contributed by atoms with Gasteiger partial charge in [-0.3, -0.25) is 9.59 Å². The lowest BCUT2D eigenvalue weighted by molar-refractivity contribution is 0.101. The smallest absolute Gasteiger partial charge is 0.255 e. The Morgan fingerprint density at radius 2 is 1.67 bits per heavy atom. The molecule has 2 aromatic rings. The van der Waals surface area contributed by atoms with E-state index in [1.165, 1.54) is 31.2 Å². The van der Waals surface area contributed by atoms with Crippen LogP contribution in [0.4, 0.5) is 5.69 Å². The Hall–Kier alpha value is -2.51. The van der Waals surface area contributed by atoms with Gasteiger partial charge in [0.1, 0.15) is 0 Å². The molecule has 0 saturated carbocycles. The number of rotatable bonds is 6. The van der Waals surface area contributed by atoms with E-state index in [4.69, 9.17) is 0 Å². The molecule has 0 heterocycles. The highest BCUT2D eigenvalue weighted by Crippen LogP contribution is 2.15. The Kier molecular flexibility index (Phi) is 5.48. The molecule has 0 atom stereocenters. The first kappa shape index (κ1) is 17.8. The van der Waals surface area contributed by atoms with Crippen LogP contribution in [0, 0.1) is 0 Å². The number of carbonyl (C=O) groups excluding carboxylic acids is 2. The van der Waals surface area contributed by atoms with Gasteiger partial charge in [-0.1, -0.05) is 25.1 Å². The minimum absolute atomic E-state index is 0.0227. The van der Waals surface area contributed by atoms with Crippen LogP contribution in [0.25, 0.3) is 0 Å². The highest BCUT2D eigenvalue weighted by molar-refractivity contribution is 7.89. The van der Waals surface area contributed by atoms with Crippen molar-refractivity contribution in [2.24, 2.45) is 0 Å². The molecule has 24 heavy (non-hydrogen) atoms. The monoisotopic (exact) mass is 346 g/mol. The summed E-state index contributed by atoms with van der Waals surface area (Å²) in [5.74, 6) is -0.561. The molecule has 0 unspecified atom stereocenters. The number of ketones is 1. The third-order valence-corrected chi connectivity index (χ3v) is 4.81. The molecule has 2 rings (SSSR count). The van der Waals surface area contributed by atoms with Crippen LogP contribution in [-0.4, -0.2) is 26.7 Å². The lowest BCUT2D eigenvalue weighted by Crippen LogP contribution is -2.23. The first-order chi connectivity index (χ1) is 11.3. The molecule has 0 fully saturated rings. The fraction of sp³-hybridized carbons (Fsp3) is 0.176. The SMILES string of the molecule is CCNS(=O)(=O)c1cccc(C(=O)Nc2cccc(C(C)=O)c2)c1. The van der Waals surface area contributed by atoms with Crippen molar-refractivity contribution in [1.29, 1.82) is 0 Å². The molecule has 0 aliphatic carbocycles. The molecule has 0 aliphatic heterocycles. The first-order valence-electron chi connectivity index (χ1n) is 7.35. The summed E-state index contributed by atoms with van der Waals surface area (Å²) < 4.78 is 26.4. The minimum atomic E-state index is -3.63. The molecular formula is C17H18N2O4S. The predicted molar refractivity (Wildman–Crippen MR) is 91.7 cm³/mol. The molecule has 0 saturated heterocycles. The Labute approximate surface area is 140 Å². The number of nitrogens with one attached hydrogen (secondary N) is 2. The summed E-state index contributed by atoms with van der Waals surface area (Å²) >= 11 is 0. The third-order valence-electron chi connectivity index (χ3n) is 3.27. The molecule has 0 spiro atoms. The Balaban J connectivity index is 2.25. The normalized spacial score (nSPS) is 11.1. The summed E-state index contributed by atoms with van der Waals surface area (Å²) in [5, 5.41) is 2.66. The van der Waals surface area contributed by atoms with Crippen LogP contribution < -0.4 is 10.0 Å². The number of amides is 1. The molecule has 0 bridgehead atoms. The second-order valence-corrected chi connectivity index (χ2v) is 6.89. The van der Waals surface area contributed by atoms with E-state index >= 15 is 0 Å². The Morgan fingerprint density at radius 3 is 2.33 bits per heavy atom. The fourth-order valence-electron chi connectivity index (χ4n) is 2.10. The van der Waals surface area contributed by atoms with E-state index in [0.717, 1.165) is 0 Å². The van der Waals surface area contributed by atoms with Gasteiger partial charge in [0.25, 0.3) is 5.91 Å². The van der Waals surface area contributed by atoms with Crippen molar-refractivity contribution in [2.75, 3.05) is 11.9 Å². The number of hydrogen-bond donors (Lipinski definition) is 2. The molecule has 0 aromatic heterocycles. The van der Waals surface area contributed by atoms with E-state index < -0.39 is 15.9 Å². The van der Waals surface area contributed by atoms with Crippen LogP contribution in [0.15, 0.2) is 53.4 Å². The van der Waals surface area contributed by atoms with E-state index in [0.29, 0.717) is 11.3 Å². The zero-order chi connectivity index (χ0) is 17.7. The molecular weight excluding hydrogens is 328 g/mol. The Bertz CT molecular complexity index is 876. The van der Waals surface area contributed by atoms with Gasteiger partial charge in [0.05, 0.1) is 4.90 Å². The zero-order valence-corrected chi connectivity index (χ0v) is 14.2. The van der Waals surface area contributed by atoms with Crippen LogP contribution in [0.1, 0.15) is 34.6 Å². The highest BCUT2D eigenvalue weighted by atomic mass is 32.2. The molecule has 6 nitrogen and oxygen atoms in total. The zero-order valence-electron chi connectivity index (χ0n) is 13.4. The van der Waals surface area contributed by atoms with Crippen molar-refractivity contribution >= 4 is 27.4 Å². The van der Waals surface area contributed by atoms with Gasteiger partial charge in [0.2, 0.25) is 10.0 Å². The van der Waals surface area contributed by atoms with Crippen LogP contribution in [0.2, 0.25) is 0 Å². The summed E-state index contributed by atoms with van der Waals surface area (Å²) in [4.78, 5) is 23.7. The molecule has 0 aliphatic rings. The van der Waals surface area contributed by atoms with Gasteiger partial charge in [-0.15, -0.1) is 0 Å². The first-order valence-corrected chi connectivity index (χ1v) is 8.84. The lowest BCUT2D eigenvalue weighted by atomic mass is 10.1. The van der Waals surface area contributed by atoms with Crippen LogP contribution in [0.5, 0.6) is 0 Å². The number of anilines is 1. The van der Waals surface area contributed by atoms with Crippen LogP contribution >= 0.6 is 0 Å². The Morgan fingerprint density at radius 1 is 1.00 bits per heavy atom. The van der Waals surface area contributed by atoms with Crippen LogP contribution in [0.3, 0.4) is 0 Å². The third kappa shape index (κ3) is 4.27. The van der Waals surface area contributed by atoms with Crippen molar-refractivity contribution in [3.05, 3.63) is 59.7 Å². The number of sulfonamides is 1. The van der Waals surface area contributed by atoms with E-state index in [-0.39, 0.29) is 22.8 Å². The van der Waals surface area contributed by atoms with E-state index in [2.05, 4.69) is 10.0 Å². The standard InChI is InChI=1S/C17H18N2O4S/c1-3-18-24(22,23)16-9-5-7-14(11-16)17(21)19-15-8-4-6-13(10-15)12(2)20/h4-11,18H,3H2,1-2H3,(H,19,21). The van der Waals surface area contributed by atoms with Gasteiger partial charge < -0.3 is 5.32 Å². The maximum Gasteiger partial charge on any atom is 0.255 e. The maximum absolute atomic E-state index is 12.3.